The highest BCUT2D eigenvalue weighted by Gasteiger charge is 2.46. The zero-order chi connectivity index (χ0) is 17.4. The number of nitrogens with two attached hydrogens (primary N) is 1. The maximum absolute atomic E-state index is 6.72. The van der Waals surface area contributed by atoms with Crippen molar-refractivity contribution in [2.24, 2.45) is 29.4 Å². The van der Waals surface area contributed by atoms with Gasteiger partial charge in [0.05, 0.1) is 0 Å². The van der Waals surface area contributed by atoms with Crippen LogP contribution in [0.2, 0.25) is 0 Å². The van der Waals surface area contributed by atoms with Crippen LogP contribution in [0.25, 0.3) is 0 Å². The molecule has 2 heterocycles. The molecule has 0 spiro atoms. The molecule has 2 aliphatic heterocycles. The van der Waals surface area contributed by atoms with E-state index in [1.54, 1.807) is 0 Å². The van der Waals surface area contributed by atoms with Crippen molar-refractivity contribution in [2.45, 2.75) is 82.5 Å². The lowest BCUT2D eigenvalue weighted by Crippen LogP contribution is -2.69. The Labute approximate surface area is 154 Å². The molecule has 6 unspecified atom stereocenters. The van der Waals surface area contributed by atoms with E-state index in [9.17, 15) is 0 Å². The number of piperazine rings is 1. The zero-order valence-electron chi connectivity index (χ0n) is 16.4. The summed E-state index contributed by atoms with van der Waals surface area (Å²) in [6.07, 6.45) is 11.5. The van der Waals surface area contributed by atoms with Gasteiger partial charge in [0.1, 0.15) is 0 Å². The van der Waals surface area contributed by atoms with Gasteiger partial charge in [-0.2, -0.15) is 0 Å². The molecule has 2 saturated carbocycles. The van der Waals surface area contributed by atoms with E-state index in [0.717, 1.165) is 30.8 Å². The number of likely N-dealkylation sites (N-methyl/N-ethyl adjacent to an activating group) is 1. The van der Waals surface area contributed by atoms with Gasteiger partial charge in [0.2, 0.25) is 0 Å². The molecule has 2 aliphatic carbocycles. The third-order valence-corrected chi connectivity index (χ3v) is 8.35. The predicted molar refractivity (Wildman–Crippen MR) is 105 cm³/mol. The van der Waals surface area contributed by atoms with Crippen molar-refractivity contribution in [1.82, 2.24) is 15.5 Å². The largest absolute Gasteiger partial charge is 0.326 e. The van der Waals surface area contributed by atoms with Crippen molar-refractivity contribution in [3.8, 4) is 0 Å². The Morgan fingerprint density at radius 2 is 1.52 bits per heavy atom. The summed E-state index contributed by atoms with van der Waals surface area (Å²) in [4.78, 5) is 2.72. The Balaban J connectivity index is 1.48. The van der Waals surface area contributed by atoms with Crippen LogP contribution in [0.4, 0.5) is 0 Å². The van der Waals surface area contributed by atoms with E-state index in [0.29, 0.717) is 30.1 Å². The van der Waals surface area contributed by atoms with E-state index in [1.165, 1.54) is 57.9 Å². The molecule has 0 amide bonds. The first-order chi connectivity index (χ1) is 12.2. The molecule has 4 N–H and O–H groups in total. The van der Waals surface area contributed by atoms with Crippen molar-refractivity contribution < 1.29 is 0 Å². The minimum absolute atomic E-state index is 0.309. The Kier molecular flexibility index (Phi) is 5.71. The highest BCUT2D eigenvalue weighted by Crippen LogP contribution is 2.41. The van der Waals surface area contributed by atoms with E-state index in [-0.39, 0.29) is 0 Å². The summed E-state index contributed by atoms with van der Waals surface area (Å²) in [7, 11) is 2.39. The number of nitrogens with one attached hydrogen (secondary N) is 2. The standard InChI is InChI=1S/C21H40N4/c1-14-21(16-9-5-6-10-16)24-13-19(25(14)2)20-17(11-23-12-18(20)22)15-7-3-4-8-15/h14-21,23-24H,3-13,22H2,1-2H3. The molecule has 4 rings (SSSR count). The van der Waals surface area contributed by atoms with Gasteiger partial charge in [-0.1, -0.05) is 38.5 Å². The second kappa shape index (κ2) is 7.84. The second-order valence-electron chi connectivity index (χ2n) is 9.56. The zero-order valence-corrected chi connectivity index (χ0v) is 16.4. The van der Waals surface area contributed by atoms with Crippen LogP contribution >= 0.6 is 0 Å². The highest BCUT2D eigenvalue weighted by molar-refractivity contribution is 5.03. The molecule has 2 saturated heterocycles. The van der Waals surface area contributed by atoms with Gasteiger partial charge in [-0.05, 0) is 57.0 Å². The molecule has 4 fully saturated rings. The summed E-state index contributed by atoms with van der Waals surface area (Å²) in [5, 5.41) is 7.65. The normalized spacial score (nSPS) is 45.2. The first kappa shape index (κ1) is 18.2. The van der Waals surface area contributed by atoms with Crippen molar-refractivity contribution in [3.63, 3.8) is 0 Å². The quantitative estimate of drug-likeness (QED) is 0.732. The molecule has 0 aromatic heterocycles. The molecular formula is C21H40N4. The summed E-state index contributed by atoms with van der Waals surface area (Å²) in [5.74, 6) is 3.22. The molecule has 0 aromatic rings. The Morgan fingerprint density at radius 3 is 2.20 bits per heavy atom. The van der Waals surface area contributed by atoms with Crippen LogP contribution in [0, 0.1) is 23.7 Å². The van der Waals surface area contributed by atoms with Crippen molar-refractivity contribution in [1.29, 1.82) is 0 Å². The monoisotopic (exact) mass is 348 g/mol. The summed E-state index contributed by atoms with van der Waals surface area (Å²) in [6, 6.07) is 2.24. The lowest BCUT2D eigenvalue weighted by atomic mass is 9.70. The van der Waals surface area contributed by atoms with Crippen LogP contribution in [0.1, 0.15) is 58.3 Å². The molecular weight excluding hydrogens is 308 g/mol. The number of hydrogen-bond acceptors (Lipinski definition) is 4. The molecule has 4 heteroatoms. The summed E-state index contributed by atoms with van der Waals surface area (Å²) >= 11 is 0. The van der Waals surface area contributed by atoms with Crippen LogP contribution in [-0.4, -0.2) is 55.7 Å². The number of nitrogens with zero attached hydrogens (tertiary/aromatic N) is 1. The molecule has 0 aromatic carbocycles. The van der Waals surface area contributed by atoms with E-state index >= 15 is 0 Å². The van der Waals surface area contributed by atoms with Gasteiger partial charge < -0.3 is 16.4 Å². The van der Waals surface area contributed by atoms with Crippen LogP contribution in [0.15, 0.2) is 0 Å². The SMILES string of the molecule is CC1C(C2CCCC2)NCC(C2C(N)CNCC2C2CCCC2)N1C. The van der Waals surface area contributed by atoms with E-state index in [1.807, 2.05) is 0 Å². The molecule has 0 bridgehead atoms. The van der Waals surface area contributed by atoms with Gasteiger partial charge in [-0.25, -0.2) is 0 Å². The smallest absolute Gasteiger partial charge is 0.0267 e. The molecule has 6 atom stereocenters. The van der Waals surface area contributed by atoms with Crippen LogP contribution in [-0.2, 0) is 0 Å². The Hall–Kier alpha value is -0.160. The summed E-state index contributed by atoms with van der Waals surface area (Å²) < 4.78 is 0. The maximum Gasteiger partial charge on any atom is 0.0267 e. The fourth-order valence-corrected chi connectivity index (χ4v) is 6.85. The minimum Gasteiger partial charge on any atom is -0.326 e. The van der Waals surface area contributed by atoms with E-state index in [2.05, 4.69) is 29.5 Å². The Bertz CT molecular complexity index is 430. The first-order valence-corrected chi connectivity index (χ1v) is 11.1. The topological polar surface area (TPSA) is 53.3 Å². The number of rotatable bonds is 3. The van der Waals surface area contributed by atoms with Crippen LogP contribution in [0.3, 0.4) is 0 Å². The van der Waals surface area contributed by atoms with Crippen LogP contribution < -0.4 is 16.4 Å². The Morgan fingerprint density at radius 1 is 0.880 bits per heavy atom. The van der Waals surface area contributed by atoms with Crippen molar-refractivity contribution in [2.75, 3.05) is 26.7 Å². The maximum atomic E-state index is 6.72. The molecule has 4 aliphatic rings. The number of hydrogen-bond donors (Lipinski definition) is 3. The summed E-state index contributed by atoms with van der Waals surface area (Å²) in [5.41, 5.74) is 6.72. The molecule has 4 nitrogen and oxygen atoms in total. The first-order valence-electron chi connectivity index (χ1n) is 11.1. The van der Waals surface area contributed by atoms with Gasteiger partial charge in [0, 0.05) is 37.3 Å². The lowest BCUT2D eigenvalue weighted by molar-refractivity contribution is -0.000498. The molecule has 144 valence electrons. The van der Waals surface area contributed by atoms with Gasteiger partial charge in [0.15, 0.2) is 0 Å². The van der Waals surface area contributed by atoms with Gasteiger partial charge in [-0.15, -0.1) is 0 Å². The second-order valence-corrected chi connectivity index (χ2v) is 9.56. The van der Waals surface area contributed by atoms with E-state index < -0.39 is 0 Å². The van der Waals surface area contributed by atoms with E-state index in [4.69, 9.17) is 5.73 Å². The fourth-order valence-electron chi connectivity index (χ4n) is 6.85. The number of piperidine rings is 1. The average Bonchev–Trinajstić information content (AvgIpc) is 3.31. The molecule has 25 heavy (non-hydrogen) atoms. The fraction of sp³-hybridized carbons (Fsp3) is 1.00. The van der Waals surface area contributed by atoms with Gasteiger partial charge in [-0.3, -0.25) is 4.90 Å². The van der Waals surface area contributed by atoms with Crippen LogP contribution in [0.5, 0.6) is 0 Å². The van der Waals surface area contributed by atoms with Crippen molar-refractivity contribution in [3.05, 3.63) is 0 Å². The molecule has 0 radical (unpaired) electrons. The third kappa shape index (κ3) is 3.52. The van der Waals surface area contributed by atoms with Gasteiger partial charge >= 0.3 is 0 Å². The third-order valence-electron chi connectivity index (χ3n) is 8.35. The minimum atomic E-state index is 0.309. The average molecular weight is 349 g/mol. The lowest BCUT2D eigenvalue weighted by Gasteiger charge is -2.53. The van der Waals surface area contributed by atoms with Crippen molar-refractivity contribution >= 4 is 0 Å². The predicted octanol–water partition coefficient (Wildman–Crippen LogP) is 2.19. The highest BCUT2D eigenvalue weighted by atomic mass is 15.3. The summed E-state index contributed by atoms with van der Waals surface area (Å²) in [6.45, 7) is 5.79. The van der Waals surface area contributed by atoms with Gasteiger partial charge in [0.25, 0.3) is 0 Å².